The maximum absolute atomic E-state index is 14.1. The van der Waals surface area contributed by atoms with E-state index in [-0.39, 0.29) is 29.7 Å². The average molecular weight is 371 g/mol. The van der Waals surface area contributed by atoms with Gasteiger partial charge in [-0.3, -0.25) is 9.59 Å². The first-order valence-electron chi connectivity index (χ1n) is 9.36. The number of nitrogens with one attached hydrogen (secondary N) is 1. The Labute approximate surface area is 156 Å². The minimum absolute atomic E-state index is 0.0403. The quantitative estimate of drug-likeness (QED) is 0.846. The summed E-state index contributed by atoms with van der Waals surface area (Å²) in [4.78, 5) is 24.3. The second kappa shape index (κ2) is 7.60. The normalized spacial score (nSPS) is 19.2. The van der Waals surface area contributed by atoms with E-state index in [9.17, 15) is 14.0 Å². The number of nitrogens with zero attached hydrogens (tertiary/aromatic N) is 2. The van der Waals surface area contributed by atoms with Crippen LogP contribution >= 0.6 is 0 Å². The number of rotatable bonds is 6. The Morgan fingerprint density at radius 3 is 2.81 bits per heavy atom. The predicted octanol–water partition coefficient (Wildman–Crippen LogP) is 2.37. The van der Waals surface area contributed by atoms with Crippen molar-refractivity contribution in [3.05, 3.63) is 63.3 Å². The summed E-state index contributed by atoms with van der Waals surface area (Å²) in [6.07, 6.45) is 3.89. The summed E-state index contributed by atoms with van der Waals surface area (Å²) in [6, 6.07) is 7.85. The third-order valence-electron chi connectivity index (χ3n) is 5.03. The lowest BCUT2D eigenvalue weighted by Gasteiger charge is -2.12. The van der Waals surface area contributed by atoms with Crippen LogP contribution in [0, 0.1) is 5.82 Å². The van der Waals surface area contributed by atoms with E-state index in [1.165, 1.54) is 22.9 Å². The zero-order chi connectivity index (χ0) is 18.8. The molecule has 0 radical (unpaired) electrons. The first-order valence-corrected chi connectivity index (χ1v) is 9.36. The highest BCUT2D eigenvalue weighted by Crippen LogP contribution is 2.41. The molecule has 2 heterocycles. The SMILES string of the molecule is O=C(NCc1ccc(C2CC2)c(F)c1)c1ccc(=O)n(CC2CCCO2)n1. The lowest BCUT2D eigenvalue weighted by atomic mass is 10.1. The highest BCUT2D eigenvalue weighted by atomic mass is 19.1. The Kier molecular flexibility index (Phi) is 5.03. The van der Waals surface area contributed by atoms with E-state index in [0.717, 1.165) is 31.2 Å². The van der Waals surface area contributed by atoms with E-state index in [4.69, 9.17) is 4.74 Å². The second-order valence-corrected chi connectivity index (χ2v) is 7.19. The Bertz CT molecular complexity index is 902. The summed E-state index contributed by atoms with van der Waals surface area (Å²) in [5.41, 5.74) is 1.34. The molecule has 1 N–H and O–H groups in total. The Morgan fingerprint density at radius 1 is 1.26 bits per heavy atom. The van der Waals surface area contributed by atoms with Crippen LogP contribution in [0.15, 0.2) is 35.1 Å². The van der Waals surface area contributed by atoms with Gasteiger partial charge in [-0.05, 0) is 54.9 Å². The van der Waals surface area contributed by atoms with Crippen molar-refractivity contribution < 1.29 is 13.9 Å². The Hall–Kier alpha value is -2.54. The molecule has 142 valence electrons. The molecule has 1 aromatic carbocycles. The summed E-state index contributed by atoms with van der Waals surface area (Å²) in [7, 11) is 0. The van der Waals surface area contributed by atoms with Gasteiger partial charge in [-0.15, -0.1) is 0 Å². The van der Waals surface area contributed by atoms with Gasteiger partial charge in [0.1, 0.15) is 11.5 Å². The van der Waals surface area contributed by atoms with E-state index in [1.807, 2.05) is 6.07 Å². The van der Waals surface area contributed by atoms with Gasteiger partial charge in [0, 0.05) is 19.2 Å². The number of benzene rings is 1. The van der Waals surface area contributed by atoms with Gasteiger partial charge in [-0.25, -0.2) is 9.07 Å². The van der Waals surface area contributed by atoms with Gasteiger partial charge in [0.2, 0.25) is 0 Å². The van der Waals surface area contributed by atoms with Crippen LogP contribution < -0.4 is 10.9 Å². The second-order valence-electron chi connectivity index (χ2n) is 7.19. The first-order chi connectivity index (χ1) is 13.1. The highest BCUT2D eigenvalue weighted by Gasteiger charge is 2.26. The molecule has 2 aliphatic rings. The average Bonchev–Trinajstić information content (AvgIpc) is 3.37. The van der Waals surface area contributed by atoms with Gasteiger partial charge in [0.15, 0.2) is 0 Å². The fourth-order valence-electron chi connectivity index (χ4n) is 3.36. The van der Waals surface area contributed by atoms with Gasteiger partial charge < -0.3 is 10.1 Å². The van der Waals surface area contributed by atoms with Gasteiger partial charge >= 0.3 is 0 Å². The van der Waals surface area contributed by atoms with Crippen molar-refractivity contribution in [2.24, 2.45) is 0 Å². The molecule has 27 heavy (non-hydrogen) atoms. The molecule has 1 saturated heterocycles. The molecule has 2 fully saturated rings. The highest BCUT2D eigenvalue weighted by molar-refractivity contribution is 5.91. The lowest BCUT2D eigenvalue weighted by molar-refractivity contribution is 0.0896. The van der Waals surface area contributed by atoms with E-state index < -0.39 is 5.91 Å². The summed E-state index contributed by atoms with van der Waals surface area (Å²) >= 11 is 0. The molecule has 6 nitrogen and oxygen atoms in total. The lowest BCUT2D eigenvalue weighted by Crippen LogP contribution is -2.32. The number of hydrogen-bond donors (Lipinski definition) is 1. The first kappa shape index (κ1) is 17.9. The third-order valence-corrected chi connectivity index (χ3v) is 5.03. The van der Waals surface area contributed by atoms with Gasteiger partial charge in [0.25, 0.3) is 11.5 Å². The van der Waals surface area contributed by atoms with Crippen molar-refractivity contribution in [3.8, 4) is 0 Å². The van der Waals surface area contributed by atoms with Crippen LogP contribution in [-0.2, 0) is 17.8 Å². The molecule has 7 heteroatoms. The van der Waals surface area contributed by atoms with E-state index >= 15 is 0 Å². The Balaban J connectivity index is 1.40. The Morgan fingerprint density at radius 2 is 2.11 bits per heavy atom. The van der Waals surface area contributed by atoms with Crippen molar-refractivity contribution in [2.75, 3.05) is 6.61 Å². The molecule has 1 saturated carbocycles. The van der Waals surface area contributed by atoms with E-state index in [0.29, 0.717) is 24.6 Å². The number of carbonyl (C=O) groups excluding carboxylic acids is 1. The monoisotopic (exact) mass is 371 g/mol. The van der Waals surface area contributed by atoms with Crippen molar-refractivity contribution >= 4 is 5.91 Å². The number of hydrogen-bond acceptors (Lipinski definition) is 4. The summed E-state index contributed by atoms with van der Waals surface area (Å²) in [5.74, 6) is -0.266. The number of amides is 1. The molecule has 1 unspecified atom stereocenters. The molecule has 1 aromatic heterocycles. The molecule has 1 atom stereocenters. The molecule has 1 amide bonds. The van der Waals surface area contributed by atoms with Crippen molar-refractivity contribution in [1.82, 2.24) is 15.1 Å². The third kappa shape index (κ3) is 4.24. The number of ether oxygens (including phenoxy) is 1. The molecule has 4 rings (SSSR count). The molecule has 0 spiro atoms. The van der Waals surface area contributed by atoms with Crippen molar-refractivity contribution in [2.45, 2.75) is 50.8 Å². The van der Waals surface area contributed by atoms with E-state index in [1.54, 1.807) is 6.07 Å². The molecule has 0 bridgehead atoms. The molecular formula is C20H22FN3O3. The van der Waals surface area contributed by atoms with Crippen LogP contribution in [-0.4, -0.2) is 28.4 Å². The molecular weight excluding hydrogens is 349 g/mol. The van der Waals surface area contributed by atoms with E-state index in [2.05, 4.69) is 10.4 Å². The smallest absolute Gasteiger partial charge is 0.271 e. The predicted molar refractivity (Wildman–Crippen MR) is 97.0 cm³/mol. The van der Waals surface area contributed by atoms with Crippen LogP contribution in [0.1, 0.15) is 53.2 Å². The summed E-state index contributed by atoms with van der Waals surface area (Å²) in [5, 5.41) is 6.88. The zero-order valence-electron chi connectivity index (χ0n) is 15.0. The minimum Gasteiger partial charge on any atom is -0.376 e. The number of aromatic nitrogens is 2. The zero-order valence-corrected chi connectivity index (χ0v) is 15.0. The molecule has 1 aliphatic carbocycles. The van der Waals surface area contributed by atoms with Crippen molar-refractivity contribution in [1.29, 1.82) is 0 Å². The summed E-state index contributed by atoms with van der Waals surface area (Å²) < 4.78 is 20.9. The van der Waals surface area contributed by atoms with Gasteiger partial charge in [0.05, 0.1) is 12.6 Å². The number of carbonyl (C=O) groups is 1. The van der Waals surface area contributed by atoms with Crippen molar-refractivity contribution in [3.63, 3.8) is 0 Å². The fraction of sp³-hybridized carbons (Fsp3) is 0.450. The molecule has 1 aliphatic heterocycles. The number of halogens is 1. The van der Waals surface area contributed by atoms with Crippen LogP contribution in [0.25, 0.3) is 0 Å². The maximum Gasteiger partial charge on any atom is 0.271 e. The maximum atomic E-state index is 14.1. The van der Waals surface area contributed by atoms with Crippen LogP contribution in [0.3, 0.4) is 0 Å². The largest absolute Gasteiger partial charge is 0.376 e. The van der Waals surface area contributed by atoms with Gasteiger partial charge in [-0.1, -0.05) is 12.1 Å². The molecule has 2 aromatic rings. The minimum atomic E-state index is -0.400. The standard InChI is InChI=1S/C20H22FN3O3/c21-17-10-13(3-6-16(17)14-4-5-14)11-22-20(26)18-7-8-19(25)24(23-18)12-15-2-1-9-27-15/h3,6-8,10,14-15H,1-2,4-5,9,11-12H2,(H,22,26). The fourth-order valence-corrected chi connectivity index (χ4v) is 3.36. The summed E-state index contributed by atoms with van der Waals surface area (Å²) in [6.45, 7) is 1.23. The topological polar surface area (TPSA) is 73.2 Å². The van der Waals surface area contributed by atoms with Crippen LogP contribution in [0.2, 0.25) is 0 Å². The van der Waals surface area contributed by atoms with Crippen LogP contribution in [0.5, 0.6) is 0 Å². The van der Waals surface area contributed by atoms with Gasteiger partial charge in [-0.2, -0.15) is 5.10 Å². The van der Waals surface area contributed by atoms with Crippen LogP contribution in [0.4, 0.5) is 4.39 Å².